The maximum absolute atomic E-state index is 14.0. The average Bonchev–Trinajstić information content (AvgIpc) is 2.72. The van der Waals surface area contributed by atoms with Gasteiger partial charge in [-0.3, -0.25) is 0 Å². The highest BCUT2D eigenvalue weighted by atomic mass is 19.4. The first-order chi connectivity index (χ1) is 14.4. The molecule has 0 unspecified atom stereocenters. The van der Waals surface area contributed by atoms with Gasteiger partial charge >= 0.3 is 6.36 Å². The molecule has 0 atom stereocenters. The van der Waals surface area contributed by atoms with Gasteiger partial charge in [0.1, 0.15) is 0 Å². The van der Waals surface area contributed by atoms with Crippen molar-refractivity contribution < 1.29 is 22.3 Å². The van der Waals surface area contributed by atoms with Crippen molar-refractivity contribution in [2.75, 3.05) is 0 Å². The van der Waals surface area contributed by atoms with Gasteiger partial charge in [-0.1, -0.05) is 43.7 Å². The molecule has 0 radical (unpaired) electrons. The van der Waals surface area contributed by atoms with Gasteiger partial charge in [0.2, 0.25) is 0 Å². The second-order valence-corrected chi connectivity index (χ2v) is 8.87. The highest BCUT2D eigenvalue weighted by molar-refractivity contribution is 5.31. The van der Waals surface area contributed by atoms with Gasteiger partial charge in [-0.05, 0) is 92.7 Å². The lowest BCUT2D eigenvalue weighted by molar-refractivity contribution is -0.275. The molecule has 0 spiro atoms. The number of alkyl halides is 3. The SMILES string of the molecule is C=CC=CCCC1CCC(C2CCC(c3ccc(OC(F)(F)F)c(F)c3)CC2)CC1. The Bertz CT molecular complexity index is 708. The van der Waals surface area contributed by atoms with Crippen molar-refractivity contribution in [3.8, 4) is 5.75 Å². The van der Waals surface area contributed by atoms with Crippen LogP contribution in [-0.4, -0.2) is 6.36 Å². The first-order valence-corrected chi connectivity index (χ1v) is 11.2. The van der Waals surface area contributed by atoms with E-state index in [9.17, 15) is 17.6 Å². The highest BCUT2D eigenvalue weighted by Gasteiger charge is 2.33. The third-order valence-corrected chi connectivity index (χ3v) is 7.00. The average molecular weight is 425 g/mol. The van der Waals surface area contributed by atoms with E-state index in [4.69, 9.17) is 0 Å². The van der Waals surface area contributed by atoms with E-state index in [0.717, 1.165) is 61.5 Å². The normalized spacial score (nSPS) is 27.9. The Morgan fingerprint density at radius 2 is 1.60 bits per heavy atom. The number of rotatable bonds is 7. The van der Waals surface area contributed by atoms with E-state index in [1.54, 1.807) is 6.07 Å². The molecule has 2 saturated carbocycles. The summed E-state index contributed by atoms with van der Waals surface area (Å²) in [7, 11) is 0. The van der Waals surface area contributed by atoms with Crippen LogP contribution >= 0.6 is 0 Å². The van der Waals surface area contributed by atoms with Crippen molar-refractivity contribution in [2.24, 2.45) is 17.8 Å². The lowest BCUT2D eigenvalue weighted by Crippen LogP contribution is -2.25. The Labute approximate surface area is 177 Å². The standard InChI is InChI=1S/C25H32F4O/c1-2-3-4-5-6-18-7-9-19(10-8-18)20-11-13-21(14-12-20)22-15-16-24(23(26)17-22)30-25(27,28)29/h2-4,15-21H,1,5-14H2. The van der Waals surface area contributed by atoms with Gasteiger partial charge in [0.05, 0.1) is 0 Å². The molecule has 30 heavy (non-hydrogen) atoms. The summed E-state index contributed by atoms with van der Waals surface area (Å²) in [5.74, 6) is 0.909. The summed E-state index contributed by atoms with van der Waals surface area (Å²) in [6.07, 6.45) is 13.1. The third kappa shape index (κ3) is 6.61. The molecule has 0 aliphatic heterocycles. The molecule has 166 valence electrons. The monoisotopic (exact) mass is 424 g/mol. The van der Waals surface area contributed by atoms with Crippen LogP contribution in [0.1, 0.15) is 75.7 Å². The summed E-state index contributed by atoms with van der Waals surface area (Å²) in [5, 5.41) is 0. The predicted octanol–water partition coefficient (Wildman–Crippen LogP) is 8.33. The molecule has 0 saturated heterocycles. The maximum atomic E-state index is 14.0. The summed E-state index contributed by atoms with van der Waals surface area (Å²) in [6, 6.07) is 3.91. The topological polar surface area (TPSA) is 9.23 Å². The number of ether oxygens (including phenoxy) is 1. The van der Waals surface area contributed by atoms with E-state index >= 15 is 0 Å². The molecule has 2 aliphatic rings. The minimum absolute atomic E-state index is 0.226. The molecular formula is C25H32F4O. The largest absolute Gasteiger partial charge is 0.573 e. The molecule has 1 aromatic rings. The Balaban J connectivity index is 1.45. The van der Waals surface area contributed by atoms with Gasteiger partial charge in [-0.2, -0.15) is 0 Å². The Morgan fingerprint density at radius 3 is 2.17 bits per heavy atom. The number of halogens is 4. The van der Waals surface area contributed by atoms with Crippen molar-refractivity contribution in [1.29, 1.82) is 0 Å². The molecular weight excluding hydrogens is 392 g/mol. The Kier molecular flexibility index (Phi) is 8.01. The van der Waals surface area contributed by atoms with Crippen molar-refractivity contribution in [3.05, 3.63) is 54.4 Å². The molecule has 3 rings (SSSR count). The molecule has 1 nitrogen and oxygen atoms in total. The summed E-state index contributed by atoms with van der Waals surface area (Å²) >= 11 is 0. The molecule has 0 N–H and O–H groups in total. The summed E-state index contributed by atoms with van der Waals surface area (Å²) < 4.78 is 54.7. The van der Waals surface area contributed by atoms with Gasteiger partial charge in [-0.25, -0.2) is 4.39 Å². The molecule has 2 aliphatic carbocycles. The second-order valence-electron chi connectivity index (χ2n) is 8.87. The number of hydrogen-bond donors (Lipinski definition) is 0. The third-order valence-electron chi connectivity index (χ3n) is 7.00. The van der Waals surface area contributed by atoms with Crippen molar-refractivity contribution in [3.63, 3.8) is 0 Å². The number of benzene rings is 1. The van der Waals surface area contributed by atoms with Crippen LogP contribution in [0, 0.1) is 23.6 Å². The quantitative estimate of drug-likeness (QED) is 0.316. The first kappa shape index (κ1) is 22.9. The van der Waals surface area contributed by atoms with E-state index < -0.39 is 17.9 Å². The van der Waals surface area contributed by atoms with Gasteiger partial charge in [0.15, 0.2) is 11.6 Å². The van der Waals surface area contributed by atoms with E-state index in [1.807, 2.05) is 12.2 Å². The maximum Gasteiger partial charge on any atom is 0.573 e. The molecule has 5 heteroatoms. The predicted molar refractivity (Wildman–Crippen MR) is 112 cm³/mol. The highest BCUT2D eigenvalue weighted by Crippen LogP contribution is 2.45. The van der Waals surface area contributed by atoms with Crippen molar-refractivity contribution in [2.45, 2.75) is 76.5 Å². The zero-order valence-corrected chi connectivity index (χ0v) is 17.5. The van der Waals surface area contributed by atoms with Crippen LogP contribution in [0.15, 0.2) is 43.0 Å². The van der Waals surface area contributed by atoms with Crippen molar-refractivity contribution in [1.82, 2.24) is 0 Å². The Hall–Kier alpha value is -1.78. The van der Waals surface area contributed by atoms with E-state index in [-0.39, 0.29) is 5.92 Å². The number of hydrogen-bond acceptors (Lipinski definition) is 1. The van der Waals surface area contributed by atoms with Crippen LogP contribution in [-0.2, 0) is 0 Å². The molecule has 1 aromatic carbocycles. The van der Waals surface area contributed by atoms with E-state index in [1.165, 1.54) is 38.2 Å². The van der Waals surface area contributed by atoms with Gasteiger partial charge < -0.3 is 4.74 Å². The van der Waals surface area contributed by atoms with Crippen LogP contribution in [0.3, 0.4) is 0 Å². The summed E-state index contributed by atoms with van der Waals surface area (Å²) in [5.41, 5.74) is 0.789. The van der Waals surface area contributed by atoms with Crippen LogP contribution in [0.5, 0.6) is 5.75 Å². The van der Waals surface area contributed by atoms with Crippen molar-refractivity contribution >= 4 is 0 Å². The summed E-state index contributed by atoms with van der Waals surface area (Å²) in [4.78, 5) is 0. The molecule has 2 fully saturated rings. The van der Waals surface area contributed by atoms with Gasteiger partial charge in [0.25, 0.3) is 0 Å². The van der Waals surface area contributed by atoms with Crippen LogP contribution in [0.4, 0.5) is 17.6 Å². The Morgan fingerprint density at radius 1 is 0.967 bits per heavy atom. The summed E-state index contributed by atoms with van der Waals surface area (Å²) in [6.45, 7) is 3.70. The lowest BCUT2D eigenvalue weighted by atomic mass is 9.68. The first-order valence-electron chi connectivity index (χ1n) is 11.2. The molecule has 0 amide bonds. The second kappa shape index (κ2) is 10.5. The minimum Gasteiger partial charge on any atom is -0.403 e. The number of allylic oxidation sites excluding steroid dienone is 3. The molecule has 0 bridgehead atoms. The fourth-order valence-corrected chi connectivity index (χ4v) is 5.38. The zero-order chi connectivity index (χ0) is 21.6. The fourth-order valence-electron chi connectivity index (χ4n) is 5.38. The van der Waals surface area contributed by atoms with E-state index in [2.05, 4.69) is 17.4 Å². The van der Waals surface area contributed by atoms with Crippen LogP contribution < -0.4 is 4.74 Å². The van der Waals surface area contributed by atoms with Gasteiger partial charge in [0, 0.05) is 0 Å². The smallest absolute Gasteiger partial charge is 0.403 e. The lowest BCUT2D eigenvalue weighted by Gasteiger charge is -2.38. The molecule has 0 aromatic heterocycles. The van der Waals surface area contributed by atoms with Crippen LogP contribution in [0.25, 0.3) is 0 Å². The van der Waals surface area contributed by atoms with Crippen LogP contribution in [0.2, 0.25) is 0 Å². The van der Waals surface area contributed by atoms with Gasteiger partial charge in [-0.15, -0.1) is 13.2 Å². The minimum atomic E-state index is -4.87. The van der Waals surface area contributed by atoms with E-state index in [0.29, 0.717) is 0 Å². The molecule has 0 heterocycles. The zero-order valence-electron chi connectivity index (χ0n) is 17.5. The fraction of sp³-hybridized carbons (Fsp3) is 0.600.